The molecule has 0 aliphatic rings. The topological polar surface area (TPSA) is 30.0 Å². The van der Waals surface area contributed by atoms with Gasteiger partial charge in [-0.2, -0.15) is 0 Å². The smallest absolute Gasteiger partial charge is 0.443 e. The number of pyridine rings is 1. The van der Waals surface area contributed by atoms with E-state index in [4.69, 9.17) is 11.6 Å². The number of hydrogen-bond donors (Lipinski definition) is 0. The van der Waals surface area contributed by atoms with Gasteiger partial charge in [0.2, 0.25) is 0 Å². The molecule has 1 aromatic rings. The number of aromatic nitrogens is 1. The van der Waals surface area contributed by atoms with Crippen LogP contribution in [0.2, 0.25) is 5.02 Å². The molecule has 0 N–H and O–H groups in total. The summed E-state index contributed by atoms with van der Waals surface area (Å²) >= 11 is 5.39. The molecule has 70 valence electrons. The van der Waals surface area contributed by atoms with Crippen molar-refractivity contribution >= 4 is 24.3 Å². The molecule has 0 saturated carbocycles. The number of rotatable bonds is 2. The molecule has 1 rings (SSSR count). The summed E-state index contributed by atoms with van der Waals surface area (Å²) in [6.07, 6.45) is 1.05. The van der Waals surface area contributed by atoms with Crippen LogP contribution in [0, 0.1) is 0 Å². The number of carbonyl (C=O) groups is 1. The van der Waals surface area contributed by atoms with Gasteiger partial charge in [-0.1, -0.05) is 11.6 Å². The Balaban J connectivity index is 0.00000169. The fraction of sp³-hybridized carbons (Fsp3) is 0. The molecular formula is C6H3BClF3KNO. The summed E-state index contributed by atoms with van der Waals surface area (Å²) in [7, 11) is 0. The predicted molar refractivity (Wildman–Crippen MR) is 42.7 cm³/mol. The van der Waals surface area contributed by atoms with Gasteiger partial charge in [-0.3, -0.25) is 4.98 Å². The molecule has 0 amide bonds. The molecule has 0 saturated heterocycles. The summed E-state index contributed by atoms with van der Waals surface area (Å²) in [5.41, 5.74) is -2.59. The monoisotopic (exact) mass is 247 g/mol. The summed E-state index contributed by atoms with van der Waals surface area (Å²) < 4.78 is 35.7. The Hall–Kier alpha value is 0.601. The van der Waals surface area contributed by atoms with Gasteiger partial charge in [0.15, 0.2) is 0 Å². The molecule has 1 heterocycles. The van der Waals surface area contributed by atoms with Crippen LogP contribution >= 0.6 is 11.6 Å². The summed E-state index contributed by atoms with van der Waals surface area (Å²) in [6.45, 7) is -5.53. The number of nitrogens with zero attached hydrogens (tertiary/aromatic N) is 1. The van der Waals surface area contributed by atoms with Crippen LogP contribution in [-0.2, 0) is 0 Å². The minimum absolute atomic E-state index is 0. The Morgan fingerprint density at radius 3 is 2.43 bits per heavy atom. The van der Waals surface area contributed by atoms with Gasteiger partial charge in [-0.25, -0.2) is 0 Å². The zero-order chi connectivity index (χ0) is 10.1. The van der Waals surface area contributed by atoms with E-state index in [1.54, 1.807) is 0 Å². The van der Waals surface area contributed by atoms with Gasteiger partial charge in [0.1, 0.15) is 5.68 Å². The van der Waals surface area contributed by atoms with Crippen LogP contribution < -0.4 is 51.4 Å². The van der Waals surface area contributed by atoms with Crippen molar-refractivity contribution in [2.24, 2.45) is 0 Å². The molecule has 0 radical (unpaired) electrons. The SMILES string of the molecule is O=C(c1cc(Cl)ccn1)[B-](F)(F)F.[K+]. The van der Waals surface area contributed by atoms with Crippen LogP contribution in [0.1, 0.15) is 10.5 Å². The molecule has 0 aliphatic carbocycles. The van der Waals surface area contributed by atoms with Gasteiger partial charge in [0.05, 0.1) is 5.69 Å². The third-order valence-corrected chi connectivity index (χ3v) is 1.51. The molecule has 0 aliphatic heterocycles. The van der Waals surface area contributed by atoms with Crippen LogP contribution in [-0.4, -0.2) is 17.6 Å². The second kappa shape index (κ2) is 5.62. The summed E-state index contributed by atoms with van der Waals surface area (Å²) in [4.78, 5) is 13.9. The molecule has 0 aromatic carbocycles. The zero-order valence-electron chi connectivity index (χ0n) is 7.18. The van der Waals surface area contributed by atoms with Crippen LogP contribution in [0.25, 0.3) is 0 Å². The van der Waals surface area contributed by atoms with E-state index < -0.39 is 18.4 Å². The van der Waals surface area contributed by atoms with Gasteiger partial charge in [0.25, 0.3) is 0 Å². The van der Waals surface area contributed by atoms with Crippen molar-refractivity contribution in [2.75, 3.05) is 0 Å². The molecule has 1 aromatic heterocycles. The molecule has 0 atom stereocenters. The molecule has 14 heavy (non-hydrogen) atoms. The molecular weight excluding hydrogens is 244 g/mol. The van der Waals surface area contributed by atoms with Gasteiger partial charge in [-0.15, -0.1) is 0 Å². The van der Waals surface area contributed by atoms with E-state index in [1.165, 1.54) is 6.07 Å². The quantitative estimate of drug-likeness (QED) is 0.648. The zero-order valence-corrected chi connectivity index (χ0v) is 11.1. The number of carbonyl (C=O) groups excluding carboxylic acids is 1. The normalized spacial score (nSPS) is 10.6. The van der Waals surface area contributed by atoms with Crippen molar-refractivity contribution in [1.82, 2.24) is 4.98 Å². The average Bonchev–Trinajstić information content (AvgIpc) is 2.01. The van der Waals surface area contributed by atoms with Gasteiger partial charge >= 0.3 is 58.4 Å². The first-order chi connectivity index (χ1) is 5.91. The second-order valence-corrected chi connectivity index (χ2v) is 2.73. The summed E-state index contributed by atoms with van der Waals surface area (Å²) in [5, 5.41) is 0.0541. The maximum atomic E-state index is 11.9. The van der Waals surface area contributed by atoms with Crippen molar-refractivity contribution in [3.63, 3.8) is 0 Å². The first kappa shape index (κ1) is 14.6. The van der Waals surface area contributed by atoms with E-state index in [9.17, 15) is 17.7 Å². The number of halogens is 4. The van der Waals surface area contributed by atoms with Crippen molar-refractivity contribution in [3.8, 4) is 0 Å². The first-order valence-electron chi connectivity index (χ1n) is 3.27. The van der Waals surface area contributed by atoms with Crippen LogP contribution in [0.15, 0.2) is 18.3 Å². The Morgan fingerprint density at radius 1 is 1.43 bits per heavy atom. The maximum Gasteiger partial charge on any atom is 1.00 e. The minimum Gasteiger partial charge on any atom is -0.443 e. The summed E-state index contributed by atoms with van der Waals surface area (Å²) in [6, 6.07) is 2.18. The molecule has 0 spiro atoms. The Kier molecular flexibility index (Phi) is 5.86. The Bertz CT molecular complexity index is 346. The molecule has 0 bridgehead atoms. The molecule has 0 fully saturated rings. The maximum absolute atomic E-state index is 11.9. The van der Waals surface area contributed by atoms with Crippen LogP contribution in [0.5, 0.6) is 0 Å². The first-order valence-corrected chi connectivity index (χ1v) is 3.65. The van der Waals surface area contributed by atoms with E-state index in [0.717, 1.165) is 12.3 Å². The predicted octanol–water partition coefficient (Wildman–Crippen LogP) is -0.692. The van der Waals surface area contributed by atoms with E-state index in [-0.39, 0.29) is 56.4 Å². The van der Waals surface area contributed by atoms with Crippen molar-refractivity contribution < 1.29 is 69.1 Å². The van der Waals surface area contributed by atoms with Gasteiger partial charge in [-0.05, 0) is 12.1 Å². The number of hydrogen-bond acceptors (Lipinski definition) is 2. The van der Waals surface area contributed by atoms with Crippen molar-refractivity contribution in [2.45, 2.75) is 0 Å². The third-order valence-electron chi connectivity index (χ3n) is 1.27. The molecule has 0 unspecified atom stereocenters. The largest absolute Gasteiger partial charge is 1.00 e. The van der Waals surface area contributed by atoms with E-state index in [0.29, 0.717) is 0 Å². The average molecular weight is 247 g/mol. The van der Waals surface area contributed by atoms with Gasteiger partial charge < -0.3 is 17.7 Å². The van der Waals surface area contributed by atoms with E-state index in [2.05, 4.69) is 4.98 Å². The van der Waals surface area contributed by atoms with Crippen LogP contribution in [0.3, 0.4) is 0 Å². The van der Waals surface area contributed by atoms with Crippen molar-refractivity contribution in [3.05, 3.63) is 29.0 Å². The second-order valence-electron chi connectivity index (χ2n) is 2.30. The Labute approximate surface area is 126 Å². The molecule has 2 nitrogen and oxygen atoms in total. The van der Waals surface area contributed by atoms with E-state index >= 15 is 0 Å². The van der Waals surface area contributed by atoms with Crippen molar-refractivity contribution in [1.29, 1.82) is 0 Å². The summed E-state index contributed by atoms with van der Waals surface area (Å²) in [5.74, 6) is 0. The van der Waals surface area contributed by atoms with E-state index in [1.807, 2.05) is 0 Å². The fourth-order valence-electron chi connectivity index (χ4n) is 0.707. The Morgan fingerprint density at radius 2 is 2.00 bits per heavy atom. The van der Waals surface area contributed by atoms with Gasteiger partial charge in [0, 0.05) is 11.2 Å². The van der Waals surface area contributed by atoms with Crippen LogP contribution in [0.4, 0.5) is 12.9 Å². The fourth-order valence-corrected chi connectivity index (χ4v) is 0.867. The standard InChI is InChI=1S/C6H3BClF3NO.K/c8-4-1-2-12-5(3-4)6(13)7(9,10)11;/h1-3H;/q-1;+1. The minimum atomic E-state index is -5.53. The molecule has 8 heteroatoms. The third kappa shape index (κ3) is 4.00.